The molecule has 2 rings (SSSR count). The molecule has 1 aromatic heterocycles. The van der Waals surface area contributed by atoms with E-state index < -0.39 is 11.9 Å². The molecule has 3 N–H and O–H groups in total. The Bertz CT molecular complexity index is 666. The first-order valence-electron chi connectivity index (χ1n) is 6.18. The van der Waals surface area contributed by atoms with Crippen LogP contribution in [-0.2, 0) is 4.74 Å². The van der Waals surface area contributed by atoms with Crippen LogP contribution in [0.15, 0.2) is 35.1 Å². The molecule has 0 saturated heterocycles. The molecule has 6 heteroatoms. The number of pyridine rings is 1. The van der Waals surface area contributed by atoms with Crippen molar-refractivity contribution in [2.45, 2.75) is 6.04 Å². The van der Waals surface area contributed by atoms with E-state index in [4.69, 9.17) is 9.84 Å². The second-order valence-corrected chi connectivity index (χ2v) is 4.41. The summed E-state index contributed by atoms with van der Waals surface area (Å²) in [6.45, 7) is -0.0442. The van der Waals surface area contributed by atoms with E-state index in [-0.39, 0.29) is 24.5 Å². The van der Waals surface area contributed by atoms with Crippen LogP contribution < -0.4 is 10.9 Å². The third-order valence-electron chi connectivity index (χ3n) is 2.92. The van der Waals surface area contributed by atoms with Crippen molar-refractivity contribution in [1.82, 2.24) is 10.3 Å². The Balaban J connectivity index is 2.28. The van der Waals surface area contributed by atoms with Crippen molar-refractivity contribution < 1.29 is 14.6 Å². The van der Waals surface area contributed by atoms with Crippen LogP contribution in [-0.4, -0.2) is 42.4 Å². The molecule has 20 heavy (non-hydrogen) atoms. The molecule has 0 aliphatic rings. The van der Waals surface area contributed by atoms with E-state index in [1.165, 1.54) is 7.11 Å². The minimum absolute atomic E-state index is 0.156. The fourth-order valence-corrected chi connectivity index (χ4v) is 1.94. The molecule has 106 valence electrons. The van der Waals surface area contributed by atoms with Gasteiger partial charge in [-0.15, -0.1) is 0 Å². The lowest BCUT2D eigenvalue weighted by molar-refractivity contribution is 0.0835. The van der Waals surface area contributed by atoms with Gasteiger partial charge in [0.15, 0.2) is 0 Å². The first-order valence-corrected chi connectivity index (χ1v) is 6.18. The Kier molecular flexibility index (Phi) is 4.49. The van der Waals surface area contributed by atoms with Crippen molar-refractivity contribution in [3.8, 4) is 0 Å². The molecule has 0 bridgehead atoms. The van der Waals surface area contributed by atoms with Crippen molar-refractivity contribution in [2.75, 3.05) is 20.3 Å². The van der Waals surface area contributed by atoms with Crippen LogP contribution in [0.2, 0.25) is 0 Å². The summed E-state index contributed by atoms with van der Waals surface area (Å²) < 4.78 is 4.88. The van der Waals surface area contributed by atoms with Crippen molar-refractivity contribution in [3.63, 3.8) is 0 Å². The summed E-state index contributed by atoms with van der Waals surface area (Å²) in [5, 5.41) is 12.9. The number of aromatic nitrogens is 1. The first kappa shape index (κ1) is 14.2. The summed E-state index contributed by atoms with van der Waals surface area (Å²) >= 11 is 0. The van der Waals surface area contributed by atoms with Crippen LogP contribution in [0.5, 0.6) is 0 Å². The minimum atomic E-state index is -0.512. The summed E-state index contributed by atoms with van der Waals surface area (Å²) in [7, 11) is 1.48. The first-order chi connectivity index (χ1) is 9.65. The second-order valence-electron chi connectivity index (χ2n) is 4.41. The molecule has 0 radical (unpaired) electrons. The zero-order valence-corrected chi connectivity index (χ0v) is 11.1. The lowest BCUT2D eigenvalue weighted by Gasteiger charge is -2.15. The average Bonchev–Trinajstić information content (AvgIpc) is 2.46. The molecule has 0 aliphatic heterocycles. The summed E-state index contributed by atoms with van der Waals surface area (Å²) in [5.74, 6) is -0.455. The molecule has 2 aromatic rings. The zero-order valence-electron chi connectivity index (χ0n) is 11.1. The number of carbonyl (C=O) groups excluding carboxylic acids is 1. The molecule has 0 saturated carbocycles. The number of nitrogens with one attached hydrogen (secondary N) is 2. The molecule has 0 fully saturated rings. The number of ether oxygens (including phenoxy) is 1. The number of carbonyl (C=O) groups is 1. The number of H-pyrrole nitrogens is 1. The fourth-order valence-electron chi connectivity index (χ4n) is 1.94. The van der Waals surface area contributed by atoms with Gasteiger partial charge in [-0.25, -0.2) is 0 Å². The second kappa shape index (κ2) is 6.31. The molecule has 0 aliphatic carbocycles. The quantitative estimate of drug-likeness (QED) is 0.730. The highest BCUT2D eigenvalue weighted by molar-refractivity contribution is 5.96. The predicted molar refractivity (Wildman–Crippen MR) is 74.8 cm³/mol. The summed E-state index contributed by atoms with van der Waals surface area (Å²) in [6, 6.07) is 8.11. The number of fused-ring (bicyclic) bond motifs is 1. The Morgan fingerprint density at radius 3 is 2.90 bits per heavy atom. The molecule has 1 unspecified atom stereocenters. The van der Waals surface area contributed by atoms with E-state index in [1.807, 2.05) is 0 Å². The maximum Gasteiger partial charge on any atom is 0.268 e. The van der Waals surface area contributed by atoms with Gasteiger partial charge >= 0.3 is 0 Å². The third kappa shape index (κ3) is 3.04. The van der Waals surface area contributed by atoms with E-state index >= 15 is 0 Å². The summed E-state index contributed by atoms with van der Waals surface area (Å²) in [6.07, 6.45) is 0. The van der Waals surface area contributed by atoms with Gasteiger partial charge < -0.3 is 20.1 Å². The van der Waals surface area contributed by atoms with E-state index in [9.17, 15) is 9.59 Å². The van der Waals surface area contributed by atoms with E-state index in [0.29, 0.717) is 10.8 Å². The van der Waals surface area contributed by atoms with Gasteiger partial charge in [0.25, 0.3) is 11.5 Å². The van der Waals surface area contributed by atoms with Crippen molar-refractivity contribution in [1.29, 1.82) is 0 Å². The monoisotopic (exact) mass is 276 g/mol. The molecular weight excluding hydrogens is 260 g/mol. The van der Waals surface area contributed by atoms with Crippen LogP contribution in [0.4, 0.5) is 0 Å². The molecule has 1 heterocycles. The van der Waals surface area contributed by atoms with Gasteiger partial charge in [0.05, 0.1) is 19.3 Å². The SMILES string of the molecule is COCC(CO)NC(=O)c1cc2ccccc2c(=O)[nH]1. The van der Waals surface area contributed by atoms with Crippen molar-refractivity contribution in [3.05, 3.63) is 46.4 Å². The number of aromatic amines is 1. The van der Waals surface area contributed by atoms with Crippen LogP contribution in [0.1, 0.15) is 10.5 Å². The molecule has 1 amide bonds. The number of aliphatic hydroxyl groups excluding tert-OH is 1. The molecular formula is C14H16N2O4. The molecule has 0 spiro atoms. The van der Waals surface area contributed by atoms with E-state index in [2.05, 4.69) is 10.3 Å². The number of aliphatic hydroxyl groups is 1. The topological polar surface area (TPSA) is 91.4 Å². The largest absolute Gasteiger partial charge is 0.394 e. The lowest BCUT2D eigenvalue weighted by atomic mass is 10.1. The summed E-state index contributed by atoms with van der Waals surface area (Å²) in [5.41, 5.74) is -0.163. The maximum absolute atomic E-state index is 12.0. The maximum atomic E-state index is 12.0. The van der Waals surface area contributed by atoms with Gasteiger partial charge in [-0.3, -0.25) is 9.59 Å². The molecule has 1 atom stereocenters. The zero-order chi connectivity index (χ0) is 14.5. The van der Waals surface area contributed by atoms with Gasteiger partial charge in [0, 0.05) is 12.5 Å². The number of benzene rings is 1. The van der Waals surface area contributed by atoms with Gasteiger partial charge in [-0.1, -0.05) is 18.2 Å². The third-order valence-corrected chi connectivity index (χ3v) is 2.92. The minimum Gasteiger partial charge on any atom is -0.394 e. The standard InChI is InChI=1S/C14H16N2O4/c1-20-8-10(7-17)15-14(19)12-6-9-4-2-3-5-11(9)13(18)16-12/h2-6,10,17H,7-8H2,1H3,(H,15,19)(H,16,18). The van der Waals surface area contributed by atoms with Crippen LogP contribution in [0, 0.1) is 0 Å². The Morgan fingerprint density at radius 1 is 1.45 bits per heavy atom. The number of hydrogen-bond donors (Lipinski definition) is 3. The number of amides is 1. The highest BCUT2D eigenvalue weighted by Crippen LogP contribution is 2.09. The highest BCUT2D eigenvalue weighted by atomic mass is 16.5. The summed E-state index contributed by atoms with van der Waals surface area (Å²) in [4.78, 5) is 26.4. The Labute approximate surface area is 115 Å². The van der Waals surface area contributed by atoms with Crippen molar-refractivity contribution in [2.24, 2.45) is 0 Å². The van der Waals surface area contributed by atoms with Crippen LogP contribution in [0.3, 0.4) is 0 Å². The highest BCUT2D eigenvalue weighted by Gasteiger charge is 2.14. The van der Waals surface area contributed by atoms with Gasteiger partial charge in [-0.05, 0) is 17.5 Å². The normalized spacial score (nSPS) is 12.3. The fraction of sp³-hybridized carbons (Fsp3) is 0.286. The lowest BCUT2D eigenvalue weighted by Crippen LogP contribution is -2.41. The predicted octanol–water partition coefficient (Wildman–Crippen LogP) is 0.265. The van der Waals surface area contributed by atoms with E-state index in [0.717, 1.165) is 0 Å². The Hall–Kier alpha value is -2.18. The number of hydrogen-bond acceptors (Lipinski definition) is 4. The average molecular weight is 276 g/mol. The van der Waals surface area contributed by atoms with Crippen molar-refractivity contribution >= 4 is 16.7 Å². The molecule has 6 nitrogen and oxygen atoms in total. The van der Waals surface area contributed by atoms with Gasteiger partial charge in [0.1, 0.15) is 5.69 Å². The number of methoxy groups -OCH3 is 1. The van der Waals surface area contributed by atoms with Gasteiger partial charge in [0.2, 0.25) is 0 Å². The van der Waals surface area contributed by atoms with Crippen LogP contribution >= 0.6 is 0 Å². The Morgan fingerprint density at radius 2 is 2.20 bits per heavy atom. The number of rotatable bonds is 5. The smallest absolute Gasteiger partial charge is 0.268 e. The van der Waals surface area contributed by atoms with Gasteiger partial charge in [-0.2, -0.15) is 0 Å². The molecule has 1 aromatic carbocycles. The van der Waals surface area contributed by atoms with Crippen LogP contribution in [0.25, 0.3) is 10.8 Å². The van der Waals surface area contributed by atoms with E-state index in [1.54, 1.807) is 30.3 Å².